The summed E-state index contributed by atoms with van der Waals surface area (Å²) in [6.45, 7) is 1.96. The lowest BCUT2D eigenvalue weighted by Crippen LogP contribution is -1.98. The van der Waals surface area contributed by atoms with Crippen LogP contribution < -0.4 is 0 Å². The Hall–Kier alpha value is -2.61. The second-order valence-electron chi connectivity index (χ2n) is 4.17. The summed E-state index contributed by atoms with van der Waals surface area (Å²) in [5.41, 5.74) is 1.28. The molecule has 0 saturated heterocycles. The van der Waals surface area contributed by atoms with Gasteiger partial charge in [0.1, 0.15) is 4.88 Å². The van der Waals surface area contributed by atoms with Crippen LogP contribution in [0.2, 0.25) is 0 Å². The molecule has 7 nitrogen and oxygen atoms in total. The van der Waals surface area contributed by atoms with Crippen LogP contribution in [0, 0.1) is 0 Å². The standard InChI is InChI=1S/C13H10N4O3S/c1-2-9-10(21-17-14-9)12-16-15-11(20-12)7-5-3-4-6-8(7)13(18)19/h3-6H,2H2,1H3,(H,18,19). The Kier molecular flexibility index (Phi) is 3.44. The van der Waals surface area contributed by atoms with Crippen molar-refractivity contribution in [2.45, 2.75) is 13.3 Å². The van der Waals surface area contributed by atoms with E-state index < -0.39 is 5.97 Å². The maximum absolute atomic E-state index is 11.2. The predicted octanol–water partition coefficient (Wildman–Crippen LogP) is 2.52. The lowest BCUT2D eigenvalue weighted by Gasteiger charge is -1.99. The lowest BCUT2D eigenvalue weighted by atomic mass is 10.1. The number of aromatic carboxylic acids is 1. The summed E-state index contributed by atoms with van der Waals surface area (Å²) in [4.78, 5) is 11.9. The first-order chi connectivity index (χ1) is 10.2. The highest BCUT2D eigenvalue weighted by molar-refractivity contribution is 7.09. The number of carboxylic acids is 1. The van der Waals surface area contributed by atoms with Crippen molar-refractivity contribution in [3.8, 4) is 22.2 Å². The van der Waals surface area contributed by atoms with E-state index in [4.69, 9.17) is 4.42 Å². The molecule has 0 amide bonds. The molecule has 0 aliphatic heterocycles. The molecule has 0 radical (unpaired) electrons. The number of hydrogen-bond donors (Lipinski definition) is 1. The van der Waals surface area contributed by atoms with Crippen LogP contribution in [0.15, 0.2) is 28.7 Å². The van der Waals surface area contributed by atoms with Gasteiger partial charge in [0.25, 0.3) is 5.89 Å². The van der Waals surface area contributed by atoms with Crippen molar-refractivity contribution >= 4 is 17.5 Å². The molecular weight excluding hydrogens is 292 g/mol. The van der Waals surface area contributed by atoms with Crippen LogP contribution in [0.1, 0.15) is 23.0 Å². The first-order valence-corrected chi connectivity index (χ1v) is 6.95. The Morgan fingerprint density at radius 2 is 2.00 bits per heavy atom. The zero-order chi connectivity index (χ0) is 14.8. The van der Waals surface area contributed by atoms with Crippen LogP contribution in [0.5, 0.6) is 0 Å². The molecule has 106 valence electrons. The zero-order valence-electron chi connectivity index (χ0n) is 11.0. The fourth-order valence-electron chi connectivity index (χ4n) is 1.88. The minimum Gasteiger partial charge on any atom is -0.478 e. The molecule has 0 unspecified atom stereocenters. The number of nitrogens with zero attached hydrogens (tertiary/aromatic N) is 4. The number of benzene rings is 1. The normalized spacial score (nSPS) is 10.7. The van der Waals surface area contributed by atoms with Crippen LogP contribution in [-0.2, 0) is 6.42 Å². The van der Waals surface area contributed by atoms with E-state index in [-0.39, 0.29) is 11.5 Å². The number of carboxylic acid groups (broad SMARTS) is 1. The predicted molar refractivity (Wildman–Crippen MR) is 75.0 cm³/mol. The van der Waals surface area contributed by atoms with Crippen molar-refractivity contribution in [2.75, 3.05) is 0 Å². The Labute approximate surface area is 123 Å². The van der Waals surface area contributed by atoms with Crippen molar-refractivity contribution in [1.29, 1.82) is 0 Å². The molecule has 21 heavy (non-hydrogen) atoms. The van der Waals surface area contributed by atoms with Gasteiger partial charge in [0, 0.05) is 0 Å². The van der Waals surface area contributed by atoms with E-state index in [0.29, 0.717) is 22.8 Å². The van der Waals surface area contributed by atoms with Gasteiger partial charge in [-0.1, -0.05) is 23.5 Å². The number of aromatic nitrogens is 4. The smallest absolute Gasteiger partial charge is 0.336 e. The average molecular weight is 302 g/mol. The van der Waals surface area contributed by atoms with Crippen LogP contribution in [0.25, 0.3) is 22.2 Å². The quantitative estimate of drug-likeness (QED) is 0.789. The summed E-state index contributed by atoms with van der Waals surface area (Å²) in [7, 11) is 0. The Balaban J connectivity index is 2.05. The number of hydrogen-bond acceptors (Lipinski definition) is 7. The maximum Gasteiger partial charge on any atom is 0.336 e. The van der Waals surface area contributed by atoms with Gasteiger partial charge in [-0.15, -0.1) is 15.3 Å². The summed E-state index contributed by atoms with van der Waals surface area (Å²) in [6, 6.07) is 6.49. The van der Waals surface area contributed by atoms with Gasteiger partial charge in [-0.05, 0) is 30.1 Å². The molecule has 0 spiro atoms. The summed E-state index contributed by atoms with van der Waals surface area (Å²) >= 11 is 1.17. The van der Waals surface area contributed by atoms with E-state index in [1.165, 1.54) is 17.6 Å². The maximum atomic E-state index is 11.2. The van der Waals surface area contributed by atoms with Gasteiger partial charge in [0.05, 0.1) is 16.8 Å². The third-order valence-electron chi connectivity index (χ3n) is 2.90. The molecule has 2 heterocycles. The van der Waals surface area contributed by atoms with E-state index in [2.05, 4.69) is 19.8 Å². The zero-order valence-corrected chi connectivity index (χ0v) is 11.8. The van der Waals surface area contributed by atoms with Crippen molar-refractivity contribution in [3.63, 3.8) is 0 Å². The molecule has 0 saturated carbocycles. The molecule has 1 aromatic carbocycles. The molecular formula is C13H10N4O3S. The van der Waals surface area contributed by atoms with E-state index >= 15 is 0 Å². The van der Waals surface area contributed by atoms with Crippen molar-refractivity contribution in [1.82, 2.24) is 19.8 Å². The Morgan fingerprint density at radius 3 is 2.76 bits per heavy atom. The van der Waals surface area contributed by atoms with Crippen LogP contribution in [-0.4, -0.2) is 30.9 Å². The lowest BCUT2D eigenvalue weighted by molar-refractivity contribution is 0.0697. The van der Waals surface area contributed by atoms with Crippen molar-refractivity contribution < 1.29 is 14.3 Å². The van der Waals surface area contributed by atoms with Crippen molar-refractivity contribution in [3.05, 3.63) is 35.5 Å². The van der Waals surface area contributed by atoms with Crippen LogP contribution in [0.4, 0.5) is 0 Å². The fraction of sp³-hybridized carbons (Fsp3) is 0.154. The number of carbonyl (C=O) groups is 1. The molecule has 0 atom stereocenters. The van der Waals surface area contributed by atoms with Gasteiger partial charge in [-0.2, -0.15) is 0 Å². The molecule has 0 fully saturated rings. The number of aryl methyl sites for hydroxylation is 1. The second kappa shape index (κ2) is 5.41. The molecule has 3 rings (SSSR count). The molecule has 0 aliphatic carbocycles. The second-order valence-corrected chi connectivity index (χ2v) is 4.92. The molecule has 2 aromatic heterocycles. The summed E-state index contributed by atoms with van der Waals surface area (Å²) in [6.07, 6.45) is 0.704. The third kappa shape index (κ3) is 2.40. The Morgan fingerprint density at radius 1 is 1.24 bits per heavy atom. The largest absolute Gasteiger partial charge is 0.478 e. The molecule has 0 aliphatic rings. The van der Waals surface area contributed by atoms with Gasteiger partial charge in [0.15, 0.2) is 0 Å². The highest BCUT2D eigenvalue weighted by Gasteiger charge is 2.19. The van der Waals surface area contributed by atoms with Gasteiger partial charge in [-0.25, -0.2) is 4.79 Å². The molecule has 0 bridgehead atoms. The Bertz CT molecular complexity index is 796. The molecule has 8 heteroatoms. The van der Waals surface area contributed by atoms with Gasteiger partial charge in [0.2, 0.25) is 5.89 Å². The minimum atomic E-state index is -1.04. The van der Waals surface area contributed by atoms with Crippen LogP contribution in [0.3, 0.4) is 0 Å². The first-order valence-electron chi connectivity index (χ1n) is 6.18. The van der Waals surface area contributed by atoms with E-state index in [1.54, 1.807) is 18.2 Å². The SMILES string of the molecule is CCc1nnsc1-c1nnc(-c2ccccc2C(=O)O)o1. The summed E-state index contributed by atoms with van der Waals surface area (Å²) < 4.78 is 9.46. The van der Waals surface area contributed by atoms with Crippen molar-refractivity contribution in [2.24, 2.45) is 0 Å². The average Bonchev–Trinajstić information content (AvgIpc) is 3.15. The number of rotatable bonds is 4. The van der Waals surface area contributed by atoms with Gasteiger partial charge in [-0.3, -0.25) is 0 Å². The molecule has 1 N–H and O–H groups in total. The van der Waals surface area contributed by atoms with Gasteiger partial charge >= 0.3 is 5.97 Å². The van der Waals surface area contributed by atoms with Crippen LogP contribution >= 0.6 is 11.5 Å². The topological polar surface area (TPSA) is 102 Å². The fourth-order valence-corrected chi connectivity index (χ4v) is 2.55. The molecule has 3 aromatic rings. The monoisotopic (exact) mass is 302 g/mol. The highest BCUT2D eigenvalue weighted by Crippen LogP contribution is 2.29. The van der Waals surface area contributed by atoms with E-state index in [1.807, 2.05) is 6.92 Å². The van der Waals surface area contributed by atoms with Gasteiger partial charge < -0.3 is 9.52 Å². The highest BCUT2D eigenvalue weighted by atomic mass is 32.1. The summed E-state index contributed by atoms with van der Waals surface area (Å²) in [5, 5.41) is 21.1. The van der Waals surface area contributed by atoms with E-state index in [9.17, 15) is 9.90 Å². The first kappa shape index (κ1) is 13.4. The summed E-state index contributed by atoms with van der Waals surface area (Å²) in [5.74, 6) is -0.574. The third-order valence-corrected chi connectivity index (χ3v) is 3.65. The van der Waals surface area contributed by atoms with E-state index in [0.717, 1.165) is 5.69 Å². The minimum absolute atomic E-state index is 0.117.